The third-order valence-electron chi connectivity index (χ3n) is 4.06. The Morgan fingerprint density at radius 2 is 2.15 bits per heavy atom. The van der Waals surface area contributed by atoms with Crippen LogP contribution in [-0.4, -0.2) is 18.9 Å². The van der Waals surface area contributed by atoms with Crippen molar-refractivity contribution in [1.82, 2.24) is 0 Å². The number of halogens is 1. The van der Waals surface area contributed by atoms with Crippen molar-refractivity contribution >= 4 is 27.2 Å². The number of nitrogens with zero attached hydrogens (tertiary/aromatic N) is 1. The summed E-state index contributed by atoms with van der Waals surface area (Å²) in [6.45, 7) is 1.04. The Kier molecular flexibility index (Phi) is 4.11. The number of para-hydroxylation sites is 1. The van der Waals surface area contributed by atoms with E-state index < -0.39 is 0 Å². The summed E-state index contributed by atoms with van der Waals surface area (Å²) in [6.07, 6.45) is 10.5. The van der Waals surface area contributed by atoms with E-state index >= 15 is 0 Å². The van der Waals surface area contributed by atoms with E-state index in [9.17, 15) is 0 Å². The van der Waals surface area contributed by atoms with Gasteiger partial charge in [-0.1, -0.05) is 52.4 Å². The van der Waals surface area contributed by atoms with E-state index in [0.717, 1.165) is 18.3 Å². The summed E-state index contributed by atoms with van der Waals surface area (Å²) in [6, 6.07) is 8.77. The summed E-state index contributed by atoms with van der Waals surface area (Å²) in [7, 11) is 2.20. The number of hydrogen-bond acceptors (Lipinski definition) is 1. The van der Waals surface area contributed by atoms with Crippen molar-refractivity contribution in [3.63, 3.8) is 0 Å². The molecule has 0 saturated carbocycles. The van der Waals surface area contributed by atoms with Crippen LogP contribution in [-0.2, 0) is 0 Å². The fraction of sp³-hybridized carbons (Fsp3) is 0.333. The normalized spacial score (nSPS) is 19.9. The molecule has 0 saturated heterocycles. The Labute approximate surface area is 129 Å². The van der Waals surface area contributed by atoms with Gasteiger partial charge in [-0.25, -0.2) is 0 Å². The van der Waals surface area contributed by atoms with Gasteiger partial charge in [0.05, 0.1) is 0 Å². The van der Waals surface area contributed by atoms with Crippen LogP contribution >= 0.6 is 15.9 Å². The number of anilines is 1. The van der Waals surface area contributed by atoms with Gasteiger partial charge >= 0.3 is 0 Å². The molecule has 0 fully saturated rings. The molecular formula is C18H20BrN. The lowest BCUT2D eigenvalue weighted by molar-refractivity contribution is 0.871. The standard InChI is InChI=1S/C18H20BrN/c1-20-13-14-7-2-3-8-15(14)16(10-6-12-19)17-9-4-5-11-18(17)20/h3-5,8-11H,2,6-7,12-13H2,1H3. The highest BCUT2D eigenvalue weighted by molar-refractivity contribution is 9.09. The molecule has 104 valence electrons. The zero-order valence-electron chi connectivity index (χ0n) is 11.9. The first kappa shape index (κ1) is 13.7. The van der Waals surface area contributed by atoms with Gasteiger partial charge in [-0.3, -0.25) is 0 Å². The highest BCUT2D eigenvalue weighted by Gasteiger charge is 2.22. The predicted octanol–water partition coefficient (Wildman–Crippen LogP) is 4.95. The number of hydrogen-bond donors (Lipinski definition) is 0. The third kappa shape index (κ3) is 2.49. The van der Waals surface area contributed by atoms with Gasteiger partial charge in [-0.15, -0.1) is 0 Å². The molecule has 1 aromatic carbocycles. The summed E-state index contributed by atoms with van der Waals surface area (Å²) < 4.78 is 0. The van der Waals surface area contributed by atoms with Gasteiger partial charge in [0.25, 0.3) is 0 Å². The summed E-state index contributed by atoms with van der Waals surface area (Å²) in [5.41, 5.74) is 7.15. The van der Waals surface area contributed by atoms with Crippen molar-refractivity contribution in [3.8, 4) is 0 Å². The number of benzene rings is 1. The van der Waals surface area contributed by atoms with Crippen LogP contribution in [0.3, 0.4) is 0 Å². The first-order chi connectivity index (χ1) is 9.81. The van der Waals surface area contributed by atoms with Gasteiger partial charge in [-0.05, 0) is 42.0 Å². The van der Waals surface area contributed by atoms with E-state index in [1.54, 1.807) is 5.57 Å². The molecule has 1 nitrogen and oxygen atoms in total. The minimum absolute atomic E-state index is 1.01. The number of likely N-dealkylation sites (N-methyl/N-ethyl adjacent to an activating group) is 1. The van der Waals surface area contributed by atoms with E-state index in [4.69, 9.17) is 0 Å². The quantitative estimate of drug-likeness (QED) is 0.694. The van der Waals surface area contributed by atoms with E-state index in [2.05, 4.69) is 70.4 Å². The van der Waals surface area contributed by atoms with Crippen LogP contribution in [0.25, 0.3) is 5.57 Å². The van der Waals surface area contributed by atoms with Crippen LogP contribution in [0.15, 0.2) is 53.6 Å². The number of allylic oxidation sites excluding steroid dienone is 5. The Hall–Kier alpha value is -1.28. The van der Waals surface area contributed by atoms with Gasteiger partial charge < -0.3 is 4.90 Å². The molecule has 2 aliphatic rings. The Bertz CT molecular complexity index is 595. The first-order valence-corrected chi connectivity index (χ1v) is 8.39. The van der Waals surface area contributed by atoms with E-state index in [-0.39, 0.29) is 0 Å². The Balaban J connectivity index is 2.17. The molecule has 1 aromatic rings. The molecule has 1 heterocycles. The molecule has 20 heavy (non-hydrogen) atoms. The molecule has 0 amide bonds. The number of rotatable bonds is 2. The van der Waals surface area contributed by atoms with Gasteiger partial charge in [-0.2, -0.15) is 0 Å². The van der Waals surface area contributed by atoms with Gasteiger partial charge in [0.15, 0.2) is 0 Å². The molecule has 0 bridgehead atoms. The monoisotopic (exact) mass is 329 g/mol. The van der Waals surface area contributed by atoms with Crippen molar-refractivity contribution in [2.45, 2.75) is 19.3 Å². The van der Waals surface area contributed by atoms with Crippen molar-refractivity contribution < 1.29 is 0 Å². The average molecular weight is 330 g/mol. The lowest BCUT2D eigenvalue weighted by Crippen LogP contribution is -2.20. The molecule has 0 N–H and O–H groups in total. The summed E-state index contributed by atoms with van der Waals surface area (Å²) in [4.78, 5) is 2.39. The molecular weight excluding hydrogens is 310 g/mol. The summed E-state index contributed by atoms with van der Waals surface area (Å²) in [5, 5.41) is 1.01. The number of alkyl halides is 1. The highest BCUT2D eigenvalue weighted by Crippen LogP contribution is 2.39. The largest absolute Gasteiger partial charge is 0.370 e. The molecule has 0 radical (unpaired) electrons. The minimum atomic E-state index is 1.01. The van der Waals surface area contributed by atoms with E-state index in [0.29, 0.717) is 0 Å². The van der Waals surface area contributed by atoms with Crippen molar-refractivity contribution in [3.05, 3.63) is 59.2 Å². The number of fused-ring (bicyclic) bond motifs is 1. The maximum Gasteiger partial charge on any atom is 0.0446 e. The second-order valence-corrected chi connectivity index (χ2v) is 6.22. The predicted molar refractivity (Wildman–Crippen MR) is 91.5 cm³/mol. The second-order valence-electron chi connectivity index (χ2n) is 5.43. The van der Waals surface area contributed by atoms with Crippen LogP contribution in [0, 0.1) is 0 Å². The van der Waals surface area contributed by atoms with Crippen molar-refractivity contribution in [2.24, 2.45) is 0 Å². The SMILES string of the molecule is CN1CC2=C(C=CCC2)C(=CCCBr)c2ccccc21. The molecule has 0 unspecified atom stereocenters. The highest BCUT2D eigenvalue weighted by atomic mass is 79.9. The fourth-order valence-electron chi connectivity index (χ4n) is 3.13. The maximum absolute atomic E-state index is 3.55. The average Bonchev–Trinajstić information content (AvgIpc) is 2.60. The molecule has 3 rings (SSSR count). The van der Waals surface area contributed by atoms with Gasteiger partial charge in [0, 0.05) is 30.2 Å². The smallest absolute Gasteiger partial charge is 0.0446 e. The lowest BCUT2D eigenvalue weighted by Gasteiger charge is -2.21. The van der Waals surface area contributed by atoms with Gasteiger partial charge in [0.2, 0.25) is 0 Å². The molecule has 1 aliphatic heterocycles. The van der Waals surface area contributed by atoms with E-state index in [1.807, 2.05) is 0 Å². The molecule has 0 aromatic heterocycles. The van der Waals surface area contributed by atoms with Crippen LogP contribution < -0.4 is 4.90 Å². The zero-order valence-corrected chi connectivity index (χ0v) is 13.5. The van der Waals surface area contributed by atoms with E-state index in [1.165, 1.54) is 35.2 Å². The van der Waals surface area contributed by atoms with Crippen LogP contribution in [0.1, 0.15) is 24.8 Å². The lowest BCUT2D eigenvalue weighted by atomic mass is 9.89. The third-order valence-corrected chi connectivity index (χ3v) is 4.52. The van der Waals surface area contributed by atoms with Crippen LogP contribution in [0.2, 0.25) is 0 Å². The fourth-order valence-corrected chi connectivity index (χ4v) is 3.35. The molecule has 0 atom stereocenters. The second kappa shape index (κ2) is 6.01. The Morgan fingerprint density at radius 3 is 3.00 bits per heavy atom. The molecule has 1 aliphatic carbocycles. The molecule has 2 heteroatoms. The summed E-state index contributed by atoms with van der Waals surface area (Å²) >= 11 is 3.55. The maximum atomic E-state index is 3.55. The topological polar surface area (TPSA) is 3.24 Å². The minimum Gasteiger partial charge on any atom is -0.370 e. The van der Waals surface area contributed by atoms with Crippen molar-refractivity contribution in [2.75, 3.05) is 23.8 Å². The van der Waals surface area contributed by atoms with Crippen molar-refractivity contribution in [1.29, 1.82) is 0 Å². The Morgan fingerprint density at radius 1 is 1.30 bits per heavy atom. The van der Waals surface area contributed by atoms with Crippen LogP contribution in [0.5, 0.6) is 0 Å². The van der Waals surface area contributed by atoms with Gasteiger partial charge in [0.1, 0.15) is 0 Å². The molecule has 0 spiro atoms. The van der Waals surface area contributed by atoms with Crippen LogP contribution in [0.4, 0.5) is 5.69 Å². The first-order valence-electron chi connectivity index (χ1n) is 7.27. The zero-order chi connectivity index (χ0) is 13.9. The summed E-state index contributed by atoms with van der Waals surface area (Å²) in [5.74, 6) is 0.